The number of nitrogens with zero attached hydrogens (tertiary/aromatic N) is 1. The van der Waals surface area contributed by atoms with E-state index in [4.69, 9.17) is 10.8 Å². The number of ether oxygens (including phenoxy) is 1. The molecule has 8 heteroatoms. The van der Waals surface area contributed by atoms with Crippen molar-refractivity contribution < 1.29 is 19.4 Å². The predicted molar refractivity (Wildman–Crippen MR) is 69.0 cm³/mol. The fourth-order valence-electron chi connectivity index (χ4n) is 1.91. The molecule has 0 aromatic rings. The van der Waals surface area contributed by atoms with Crippen LogP contribution in [0.25, 0.3) is 0 Å². The summed E-state index contributed by atoms with van der Waals surface area (Å²) in [5.74, 6) is 0.465. The van der Waals surface area contributed by atoms with E-state index in [9.17, 15) is 9.59 Å². The van der Waals surface area contributed by atoms with Crippen molar-refractivity contribution in [2.45, 2.75) is 6.42 Å². The average molecular weight is 274 g/mol. The third-order valence-corrected chi connectivity index (χ3v) is 3.01. The van der Waals surface area contributed by atoms with Gasteiger partial charge in [0.2, 0.25) is 0 Å². The highest BCUT2D eigenvalue weighted by molar-refractivity contribution is 5.65. The molecular formula is C11H22N4O4. The summed E-state index contributed by atoms with van der Waals surface area (Å²) in [6, 6.07) is 0. The summed E-state index contributed by atoms with van der Waals surface area (Å²) in [7, 11) is 0. The quantitative estimate of drug-likeness (QED) is 0.527. The fraction of sp³-hybridized carbons (Fsp3) is 0.818. The molecule has 2 fully saturated rings. The molecule has 2 aliphatic heterocycles. The standard InChI is InChI=1S/C6H12N2O2.C5H10N2O2/c7-6(9)10-4-5-1-2-8-3-5;8-5(9)7-3-1-6-2-4-7/h5,8H,1-4H2,(H2,7,9);6H,1-4H2,(H,8,9)/t5-;/m1./s1. The Hall–Kier alpha value is -1.54. The number of nitrogens with one attached hydrogen (secondary N) is 2. The van der Waals surface area contributed by atoms with Gasteiger partial charge in [0.15, 0.2) is 0 Å². The van der Waals surface area contributed by atoms with Gasteiger partial charge in [-0.1, -0.05) is 0 Å². The van der Waals surface area contributed by atoms with Crippen molar-refractivity contribution in [3.8, 4) is 0 Å². The monoisotopic (exact) mass is 274 g/mol. The van der Waals surface area contributed by atoms with Gasteiger partial charge in [-0.25, -0.2) is 9.59 Å². The number of amides is 2. The zero-order valence-corrected chi connectivity index (χ0v) is 10.9. The highest BCUT2D eigenvalue weighted by Gasteiger charge is 2.15. The largest absolute Gasteiger partial charge is 0.465 e. The van der Waals surface area contributed by atoms with E-state index in [-0.39, 0.29) is 0 Å². The predicted octanol–water partition coefficient (Wildman–Crippen LogP) is -0.739. The van der Waals surface area contributed by atoms with Crippen LogP contribution < -0.4 is 16.4 Å². The van der Waals surface area contributed by atoms with Crippen LogP contribution in [0.3, 0.4) is 0 Å². The first-order valence-corrected chi connectivity index (χ1v) is 6.41. The molecule has 2 heterocycles. The Balaban J connectivity index is 0.000000191. The van der Waals surface area contributed by atoms with Gasteiger partial charge < -0.3 is 31.1 Å². The number of carbonyl (C=O) groups excluding carboxylic acids is 1. The Morgan fingerprint density at radius 1 is 1.26 bits per heavy atom. The lowest BCUT2D eigenvalue weighted by Crippen LogP contribution is -2.45. The Labute approximate surface area is 112 Å². The lowest BCUT2D eigenvalue weighted by Gasteiger charge is -2.23. The van der Waals surface area contributed by atoms with Gasteiger partial charge in [-0.2, -0.15) is 0 Å². The minimum Gasteiger partial charge on any atom is -0.465 e. The number of nitrogens with two attached hydrogens (primary N) is 1. The van der Waals surface area contributed by atoms with Crippen molar-refractivity contribution >= 4 is 12.2 Å². The lowest BCUT2D eigenvalue weighted by molar-refractivity contribution is 0.138. The summed E-state index contributed by atoms with van der Waals surface area (Å²) in [6.07, 6.45) is -0.406. The molecule has 0 saturated carbocycles. The van der Waals surface area contributed by atoms with E-state index in [2.05, 4.69) is 15.4 Å². The zero-order chi connectivity index (χ0) is 14.1. The Morgan fingerprint density at radius 2 is 1.95 bits per heavy atom. The third-order valence-electron chi connectivity index (χ3n) is 3.01. The van der Waals surface area contributed by atoms with Gasteiger partial charge in [-0.15, -0.1) is 0 Å². The molecule has 8 nitrogen and oxygen atoms in total. The fourth-order valence-corrected chi connectivity index (χ4v) is 1.91. The Bertz CT molecular complexity index is 288. The first-order chi connectivity index (χ1) is 9.09. The van der Waals surface area contributed by atoms with Crippen molar-refractivity contribution in [3.63, 3.8) is 0 Å². The molecule has 0 spiro atoms. The SMILES string of the molecule is NC(=O)OC[C@@H]1CCNC1.O=C(O)N1CCNCC1. The molecule has 0 radical (unpaired) electrons. The molecule has 2 rings (SSSR count). The zero-order valence-electron chi connectivity index (χ0n) is 10.9. The second-order valence-corrected chi connectivity index (χ2v) is 4.51. The summed E-state index contributed by atoms with van der Waals surface area (Å²) in [4.78, 5) is 21.8. The molecule has 0 aliphatic carbocycles. The summed E-state index contributed by atoms with van der Waals surface area (Å²) in [5, 5.41) is 14.7. The van der Waals surface area contributed by atoms with Gasteiger partial charge in [0, 0.05) is 38.6 Å². The van der Waals surface area contributed by atoms with E-state index in [1.165, 1.54) is 4.90 Å². The minimum atomic E-state index is -0.809. The van der Waals surface area contributed by atoms with Crippen LogP contribution >= 0.6 is 0 Å². The van der Waals surface area contributed by atoms with Crippen LogP contribution in [0.1, 0.15) is 6.42 Å². The van der Waals surface area contributed by atoms with Crippen molar-refractivity contribution in [1.82, 2.24) is 15.5 Å². The van der Waals surface area contributed by atoms with Crippen LogP contribution in [0, 0.1) is 5.92 Å². The smallest absolute Gasteiger partial charge is 0.407 e. The van der Waals surface area contributed by atoms with E-state index in [0.717, 1.165) is 32.6 Å². The normalized spacial score (nSPS) is 22.3. The third kappa shape index (κ3) is 6.82. The molecule has 2 saturated heterocycles. The summed E-state index contributed by atoms with van der Waals surface area (Å²) in [5.41, 5.74) is 4.79. The minimum absolute atomic E-state index is 0.461. The highest BCUT2D eigenvalue weighted by Crippen LogP contribution is 2.06. The molecule has 19 heavy (non-hydrogen) atoms. The first-order valence-electron chi connectivity index (χ1n) is 6.41. The van der Waals surface area contributed by atoms with Gasteiger partial charge >= 0.3 is 12.2 Å². The number of rotatable bonds is 2. The summed E-state index contributed by atoms with van der Waals surface area (Å²) in [6.45, 7) is 5.23. The van der Waals surface area contributed by atoms with Crippen LogP contribution in [0.5, 0.6) is 0 Å². The van der Waals surface area contributed by atoms with Gasteiger partial charge in [-0.05, 0) is 13.0 Å². The number of hydrogen-bond acceptors (Lipinski definition) is 5. The number of primary amides is 1. The van der Waals surface area contributed by atoms with Gasteiger partial charge in [0.1, 0.15) is 0 Å². The average Bonchev–Trinajstić information content (AvgIpc) is 2.91. The highest BCUT2D eigenvalue weighted by atomic mass is 16.5. The molecule has 1 atom stereocenters. The van der Waals surface area contributed by atoms with E-state index in [1.807, 2.05) is 0 Å². The molecule has 0 aromatic carbocycles. The van der Waals surface area contributed by atoms with Crippen LogP contribution in [0.2, 0.25) is 0 Å². The number of hydrogen-bond donors (Lipinski definition) is 4. The second kappa shape index (κ2) is 8.54. The molecule has 0 unspecified atom stereocenters. The van der Waals surface area contributed by atoms with Crippen LogP contribution in [0.15, 0.2) is 0 Å². The van der Waals surface area contributed by atoms with Crippen molar-refractivity contribution in [3.05, 3.63) is 0 Å². The molecule has 2 amide bonds. The molecular weight excluding hydrogens is 252 g/mol. The maximum Gasteiger partial charge on any atom is 0.407 e. The van der Waals surface area contributed by atoms with Gasteiger partial charge in [0.05, 0.1) is 6.61 Å². The maximum atomic E-state index is 10.3. The topological polar surface area (TPSA) is 117 Å². The molecule has 110 valence electrons. The Kier molecular flexibility index (Phi) is 6.98. The lowest BCUT2D eigenvalue weighted by atomic mass is 10.1. The van der Waals surface area contributed by atoms with E-state index >= 15 is 0 Å². The van der Waals surface area contributed by atoms with Crippen molar-refractivity contribution in [2.75, 3.05) is 45.9 Å². The second-order valence-electron chi connectivity index (χ2n) is 4.51. The van der Waals surface area contributed by atoms with Crippen LogP contribution in [-0.2, 0) is 4.74 Å². The van der Waals surface area contributed by atoms with Crippen molar-refractivity contribution in [2.24, 2.45) is 11.7 Å². The summed E-state index contributed by atoms with van der Waals surface area (Å²) < 4.78 is 4.62. The van der Waals surface area contributed by atoms with Gasteiger partial charge in [-0.3, -0.25) is 0 Å². The van der Waals surface area contributed by atoms with E-state index in [0.29, 0.717) is 25.6 Å². The van der Waals surface area contributed by atoms with Crippen LogP contribution in [-0.4, -0.2) is 68.1 Å². The Morgan fingerprint density at radius 3 is 2.37 bits per heavy atom. The number of carbonyl (C=O) groups is 2. The number of carboxylic acid groups (broad SMARTS) is 1. The van der Waals surface area contributed by atoms with Crippen LogP contribution in [0.4, 0.5) is 9.59 Å². The molecule has 2 aliphatic rings. The van der Waals surface area contributed by atoms with Crippen molar-refractivity contribution in [1.29, 1.82) is 0 Å². The maximum absolute atomic E-state index is 10.3. The first kappa shape index (κ1) is 15.5. The van der Waals surface area contributed by atoms with Gasteiger partial charge in [0.25, 0.3) is 0 Å². The molecule has 0 bridgehead atoms. The molecule has 5 N–H and O–H groups in total. The number of piperazine rings is 1. The molecule has 0 aromatic heterocycles. The summed E-state index contributed by atoms with van der Waals surface area (Å²) >= 11 is 0. The van der Waals surface area contributed by atoms with E-state index < -0.39 is 12.2 Å². The van der Waals surface area contributed by atoms with E-state index in [1.54, 1.807) is 0 Å².